The van der Waals surface area contributed by atoms with Gasteiger partial charge in [0.25, 0.3) is 0 Å². The van der Waals surface area contributed by atoms with E-state index in [1.165, 1.54) is 0 Å². The summed E-state index contributed by atoms with van der Waals surface area (Å²) in [6.45, 7) is 11.2. The lowest BCUT2D eigenvalue weighted by Crippen LogP contribution is -1.85. The molecule has 0 aliphatic rings. The number of nitrogens with zero attached hydrogens (tertiary/aromatic N) is 2. The van der Waals surface area contributed by atoms with E-state index in [9.17, 15) is 0 Å². The van der Waals surface area contributed by atoms with Gasteiger partial charge in [-0.05, 0) is 18.2 Å². The van der Waals surface area contributed by atoms with Crippen molar-refractivity contribution in [2.75, 3.05) is 0 Å². The van der Waals surface area contributed by atoms with Gasteiger partial charge < -0.3 is 0 Å². The molecule has 0 spiro atoms. The zero-order valence-corrected chi connectivity index (χ0v) is 9.93. The van der Waals surface area contributed by atoms with Gasteiger partial charge in [0.15, 0.2) is 0 Å². The van der Waals surface area contributed by atoms with Crippen molar-refractivity contribution in [1.29, 1.82) is 0 Å². The summed E-state index contributed by atoms with van der Waals surface area (Å²) in [6, 6.07) is 5.69. The van der Waals surface area contributed by atoms with E-state index in [0.717, 1.165) is 11.4 Å². The number of allylic oxidation sites excluding steroid dienone is 3. The van der Waals surface area contributed by atoms with E-state index in [1.54, 1.807) is 24.6 Å². The second-order valence-corrected chi connectivity index (χ2v) is 2.52. The zero-order valence-electron chi connectivity index (χ0n) is 9.93. The molecule has 2 nitrogen and oxygen atoms in total. The Labute approximate surface area is 97.8 Å². The molecule has 0 aliphatic carbocycles. The second-order valence-electron chi connectivity index (χ2n) is 2.52. The van der Waals surface area contributed by atoms with E-state index in [-0.39, 0.29) is 0 Å². The topological polar surface area (TPSA) is 25.2 Å². The van der Waals surface area contributed by atoms with Crippen LogP contribution >= 0.6 is 0 Å². The molecule has 0 atom stereocenters. The Balaban J connectivity index is 0.00000106. The van der Waals surface area contributed by atoms with Crippen molar-refractivity contribution in [3.63, 3.8) is 0 Å². The maximum Gasteiger partial charge on any atom is 0.0886 e. The molecule has 1 aromatic heterocycles. The van der Waals surface area contributed by atoms with Gasteiger partial charge in [-0.1, -0.05) is 45.2 Å². The first kappa shape index (κ1) is 14.0. The molecule has 1 aromatic rings. The lowest BCUT2D eigenvalue weighted by Gasteiger charge is -1.98. The van der Waals surface area contributed by atoms with Crippen LogP contribution in [0.25, 0.3) is 5.70 Å². The highest BCUT2D eigenvalue weighted by molar-refractivity contribution is 5.79. The number of rotatable bonds is 4. The van der Waals surface area contributed by atoms with Crippen LogP contribution in [0, 0.1) is 0 Å². The molecular weight excluding hydrogens is 196 g/mol. The van der Waals surface area contributed by atoms with Crippen LogP contribution in [0.15, 0.2) is 60.8 Å². The Morgan fingerprint density at radius 3 is 2.50 bits per heavy atom. The summed E-state index contributed by atoms with van der Waals surface area (Å²) in [5.74, 6) is 0. The Morgan fingerprint density at radius 2 is 2.00 bits per heavy atom. The van der Waals surface area contributed by atoms with Gasteiger partial charge in [0, 0.05) is 12.4 Å². The SMILES string of the molecule is C=CC=N/C(=C\C=C)c1ccccn1.CC. The molecule has 0 unspecified atom stereocenters. The minimum absolute atomic E-state index is 0.778. The predicted octanol–water partition coefficient (Wildman–Crippen LogP) is 3.89. The van der Waals surface area contributed by atoms with Crippen LogP contribution < -0.4 is 0 Å². The fraction of sp³-hybridized carbons (Fsp3) is 0.143. The molecule has 1 rings (SSSR count). The summed E-state index contributed by atoms with van der Waals surface area (Å²) in [5.41, 5.74) is 1.60. The summed E-state index contributed by atoms with van der Waals surface area (Å²) in [7, 11) is 0. The quantitative estimate of drug-likeness (QED) is 0.551. The first-order valence-electron chi connectivity index (χ1n) is 5.27. The average molecular weight is 214 g/mol. The standard InChI is InChI=1S/C12H12N2.C2H6/c1-3-7-11(13-9-4-2)12-8-5-6-10-14-12;1-2/h3-10H,1-2H2;1-2H3/b11-7-,13-9?;. The third kappa shape index (κ3) is 5.05. The highest BCUT2D eigenvalue weighted by Crippen LogP contribution is 2.11. The number of hydrogen-bond acceptors (Lipinski definition) is 2. The molecule has 84 valence electrons. The Kier molecular flexibility index (Phi) is 8.41. The fourth-order valence-electron chi connectivity index (χ4n) is 0.953. The second kappa shape index (κ2) is 9.59. The molecule has 0 fully saturated rings. The van der Waals surface area contributed by atoms with Crippen molar-refractivity contribution in [3.8, 4) is 0 Å². The molecule has 0 amide bonds. The summed E-state index contributed by atoms with van der Waals surface area (Å²) < 4.78 is 0. The molecule has 0 aliphatic heterocycles. The Hall–Kier alpha value is -1.96. The first-order chi connectivity index (χ1) is 7.88. The smallest absolute Gasteiger partial charge is 0.0886 e. The number of pyridine rings is 1. The van der Waals surface area contributed by atoms with Crippen LogP contribution in [0.1, 0.15) is 19.5 Å². The molecule has 0 saturated carbocycles. The monoisotopic (exact) mass is 214 g/mol. The van der Waals surface area contributed by atoms with E-state index in [4.69, 9.17) is 0 Å². The Bertz CT molecular complexity index is 362. The van der Waals surface area contributed by atoms with E-state index >= 15 is 0 Å². The molecule has 0 saturated heterocycles. The lowest BCUT2D eigenvalue weighted by molar-refractivity contribution is 1.26. The van der Waals surface area contributed by atoms with Crippen LogP contribution in [-0.4, -0.2) is 11.2 Å². The maximum absolute atomic E-state index is 4.19. The van der Waals surface area contributed by atoms with Gasteiger partial charge in [-0.15, -0.1) is 0 Å². The molecule has 0 bridgehead atoms. The third-order valence-corrected chi connectivity index (χ3v) is 1.52. The van der Waals surface area contributed by atoms with E-state index in [1.807, 2.05) is 38.1 Å². The Morgan fingerprint density at radius 1 is 1.25 bits per heavy atom. The lowest BCUT2D eigenvalue weighted by atomic mass is 10.2. The van der Waals surface area contributed by atoms with E-state index in [2.05, 4.69) is 23.1 Å². The highest BCUT2D eigenvalue weighted by Gasteiger charge is 1.96. The summed E-state index contributed by atoms with van der Waals surface area (Å²) in [5, 5.41) is 0. The fourth-order valence-corrected chi connectivity index (χ4v) is 0.953. The van der Waals surface area contributed by atoms with Crippen LogP contribution in [0.4, 0.5) is 0 Å². The van der Waals surface area contributed by atoms with Gasteiger partial charge in [-0.2, -0.15) is 0 Å². The normalized spacial score (nSPS) is 10.5. The summed E-state index contributed by atoms with van der Waals surface area (Å²) >= 11 is 0. The molecule has 0 N–H and O–H groups in total. The minimum Gasteiger partial charge on any atom is -0.255 e. The third-order valence-electron chi connectivity index (χ3n) is 1.52. The van der Waals surface area contributed by atoms with Crippen molar-refractivity contribution in [3.05, 3.63) is 61.5 Å². The van der Waals surface area contributed by atoms with Crippen molar-refractivity contribution >= 4 is 11.9 Å². The van der Waals surface area contributed by atoms with Gasteiger partial charge in [0.05, 0.1) is 11.4 Å². The van der Waals surface area contributed by atoms with E-state index in [0.29, 0.717) is 0 Å². The van der Waals surface area contributed by atoms with Crippen molar-refractivity contribution in [2.24, 2.45) is 4.99 Å². The van der Waals surface area contributed by atoms with Crippen molar-refractivity contribution in [2.45, 2.75) is 13.8 Å². The molecule has 1 heterocycles. The molecule has 2 heteroatoms. The van der Waals surface area contributed by atoms with Gasteiger partial charge in [0.1, 0.15) is 0 Å². The maximum atomic E-state index is 4.19. The minimum atomic E-state index is 0.778. The van der Waals surface area contributed by atoms with Gasteiger partial charge in [-0.3, -0.25) is 9.98 Å². The first-order valence-corrected chi connectivity index (χ1v) is 5.27. The molecule has 0 aromatic carbocycles. The average Bonchev–Trinajstić information content (AvgIpc) is 2.38. The molecule has 0 radical (unpaired) electrons. The zero-order chi connectivity index (χ0) is 12.2. The largest absolute Gasteiger partial charge is 0.255 e. The van der Waals surface area contributed by atoms with Crippen LogP contribution in [0.5, 0.6) is 0 Å². The van der Waals surface area contributed by atoms with Gasteiger partial charge in [0.2, 0.25) is 0 Å². The van der Waals surface area contributed by atoms with Gasteiger partial charge in [-0.25, -0.2) is 0 Å². The van der Waals surface area contributed by atoms with Crippen LogP contribution in [0.3, 0.4) is 0 Å². The van der Waals surface area contributed by atoms with Gasteiger partial charge >= 0.3 is 0 Å². The number of hydrogen-bond donors (Lipinski definition) is 0. The van der Waals surface area contributed by atoms with Crippen molar-refractivity contribution in [1.82, 2.24) is 4.98 Å². The van der Waals surface area contributed by atoms with E-state index < -0.39 is 0 Å². The van der Waals surface area contributed by atoms with Crippen LogP contribution in [0.2, 0.25) is 0 Å². The number of aromatic nitrogens is 1. The van der Waals surface area contributed by atoms with Crippen LogP contribution in [-0.2, 0) is 0 Å². The number of aliphatic imine (C=N–C) groups is 1. The summed E-state index contributed by atoms with van der Waals surface area (Å²) in [4.78, 5) is 8.37. The van der Waals surface area contributed by atoms with Crippen molar-refractivity contribution < 1.29 is 0 Å². The predicted molar refractivity (Wildman–Crippen MR) is 72.4 cm³/mol. The summed E-state index contributed by atoms with van der Waals surface area (Å²) in [6.07, 6.45) is 8.48. The highest BCUT2D eigenvalue weighted by atomic mass is 14.8. The molecule has 16 heavy (non-hydrogen) atoms. The molecular formula is C14H18N2.